The highest BCUT2D eigenvalue weighted by Gasteiger charge is 2.50. The first kappa shape index (κ1) is 24.1. The van der Waals surface area contributed by atoms with Crippen molar-refractivity contribution in [1.82, 2.24) is 0 Å². The minimum Gasteiger partial charge on any atom is -0.493 e. The molecule has 0 bridgehead atoms. The number of methoxy groups -OCH3 is 1. The summed E-state index contributed by atoms with van der Waals surface area (Å²) in [6.45, 7) is 0.554. The summed E-state index contributed by atoms with van der Waals surface area (Å²) >= 11 is 0. The normalized spacial score (nSPS) is 38.3. The van der Waals surface area contributed by atoms with Gasteiger partial charge in [0.05, 0.1) is 26.9 Å². The second kappa shape index (κ2) is 9.94. The van der Waals surface area contributed by atoms with E-state index in [2.05, 4.69) is 0 Å². The molecule has 11 nitrogen and oxygen atoms in total. The Morgan fingerprint density at radius 1 is 1.06 bits per heavy atom. The van der Waals surface area contributed by atoms with E-state index in [4.69, 9.17) is 23.7 Å². The second-order valence-electron chi connectivity index (χ2n) is 7.69. The lowest BCUT2D eigenvalue weighted by Gasteiger charge is -2.40. The first-order chi connectivity index (χ1) is 14.7. The third kappa shape index (κ3) is 4.95. The summed E-state index contributed by atoms with van der Waals surface area (Å²) in [7, 11) is 1.47. The van der Waals surface area contributed by atoms with E-state index in [1.165, 1.54) is 7.11 Å². The van der Waals surface area contributed by atoms with Crippen LogP contribution >= 0.6 is 0 Å². The molecule has 3 rings (SSSR count). The molecule has 0 saturated carbocycles. The van der Waals surface area contributed by atoms with Crippen LogP contribution in [0.25, 0.3) is 0 Å². The SMILES string of the molecule is CCc1ccc(OC2OC(COC3OCC(O)(CO)C3O)C(O)C(O)C2O)c(OC)c1. The first-order valence-corrected chi connectivity index (χ1v) is 10.0. The average Bonchev–Trinajstić information content (AvgIpc) is 3.07. The Kier molecular flexibility index (Phi) is 7.73. The van der Waals surface area contributed by atoms with Crippen molar-refractivity contribution in [1.29, 1.82) is 0 Å². The van der Waals surface area contributed by atoms with Crippen LogP contribution < -0.4 is 9.47 Å². The molecule has 8 unspecified atom stereocenters. The predicted octanol–water partition coefficient (Wildman–Crippen LogP) is -2.10. The summed E-state index contributed by atoms with van der Waals surface area (Å²) in [6.07, 6.45) is -9.20. The summed E-state index contributed by atoms with van der Waals surface area (Å²) in [4.78, 5) is 0. The number of hydrogen-bond donors (Lipinski definition) is 6. The van der Waals surface area contributed by atoms with Crippen LogP contribution in [0.15, 0.2) is 18.2 Å². The summed E-state index contributed by atoms with van der Waals surface area (Å²) < 4.78 is 27.1. The van der Waals surface area contributed by atoms with Gasteiger partial charge in [-0.3, -0.25) is 0 Å². The Morgan fingerprint density at radius 3 is 2.42 bits per heavy atom. The molecule has 0 amide bonds. The minimum absolute atomic E-state index is 0.273. The molecule has 11 heteroatoms. The van der Waals surface area contributed by atoms with E-state index in [1.54, 1.807) is 12.1 Å². The molecule has 0 aliphatic carbocycles. The van der Waals surface area contributed by atoms with Crippen LogP contribution in [0.2, 0.25) is 0 Å². The van der Waals surface area contributed by atoms with Gasteiger partial charge in [-0.2, -0.15) is 0 Å². The van der Waals surface area contributed by atoms with Crippen molar-refractivity contribution in [2.75, 3.05) is 26.9 Å². The zero-order chi connectivity index (χ0) is 22.8. The van der Waals surface area contributed by atoms with E-state index in [0.717, 1.165) is 12.0 Å². The Hall–Kier alpha value is -1.54. The van der Waals surface area contributed by atoms with Gasteiger partial charge in [0, 0.05) is 0 Å². The lowest BCUT2D eigenvalue weighted by Crippen LogP contribution is -2.60. The smallest absolute Gasteiger partial charge is 0.229 e. The number of ether oxygens (including phenoxy) is 5. The van der Waals surface area contributed by atoms with Crippen molar-refractivity contribution in [2.24, 2.45) is 0 Å². The van der Waals surface area contributed by atoms with E-state index < -0.39 is 55.3 Å². The summed E-state index contributed by atoms with van der Waals surface area (Å²) in [5, 5.41) is 60.1. The van der Waals surface area contributed by atoms with Crippen LogP contribution in [0, 0.1) is 0 Å². The van der Waals surface area contributed by atoms with Crippen molar-refractivity contribution >= 4 is 0 Å². The van der Waals surface area contributed by atoms with Crippen LogP contribution in [0.3, 0.4) is 0 Å². The van der Waals surface area contributed by atoms with Gasteiger partial charge in [0.2, 0.25) is 6.29 Å². The van der Waals surface area contributed by atoms with Crippen LogP contribution in [-0.4, -0.2) is 106 Å². The molecule has 2 heterocycles. The van der Waals surface area contributed by atoms with E-state index in [9.17, 15) is 30.6 Å². The van der Waals surface area contributed by atoms with Crippen molar-refractivity contribution in [3.63, 3.8) is 0 Å². The fourth-order valence-corrected chi connectivity index (χ4v) is 3.43. The molecule has 1 aromatic carbocycles. The van der Waals surface area contributed by atoms with Crippen molar-refractivity contribution in [3.05, 3.63) is 23.8 Å². The number of hydrogen-bond acceptors (Lipinski definition) is 11. The van der Waals surface area contributed by atoms with E-state index in [0.29, 0.717) is 5.75 Å². The molecule has 2 aliphatic heterocycles. The van der Waals surface area contributed by atoms with Gasteiger partial charge in [0.25, 0.3) is 0 Å². The summed E-state index contributed by atoms with van der Waals surface area (Å²) in [6, 6.07) is 5.24. The second-order valence-corrected chi connectivity index (χ2v) is 7.69. The Morgan fingerprint density at radius 2 is 1.81 bits per heavy atom. The zero-order valence-corrected chi connectivity index (χ0v) is 17.3. The standard InChI is InChI=1S/C20H30O11/c1-3-10-4-5-11(12(6-10)27-2)30-18-16(24)15(23)14(22)13(31-18)7-28-19-17(25)20(26,8-21)9-29-19/h4-6,13-19,21-26H,3,7-9H2,1-2H3. The molecule has 2 aliphatic rings. The van der Waals surface area contributed by atoms with Crippen LogP contribution in [-0.2, 0) is 20.6 Å². The monoisotopic (exact) mass is 446 g/mol. The molecule has 8 atom stereocenters. The molecule has 1 aromatic rings. The summed E-state index contributed by atoms with van der Waals surface area (Å²) in [5.74, 6) is 0.684. The minimum atomic E-state index is -1.86. The highest BCUT2D eigenvalue weighted by molar-refractivity contribution is 5.43. The van der Waals surface area contributed by atoms with Gasteiger partial charge in [-0.15, -0.1) is 0 Å². The van der Waals surface area contributed by atoms with Gasteiger partial charge in [-0.25, -0.2) is 0 Å². The Balaban J connectivity index is 1.67. The van der Waals surface area contributed by atoms with Crippen molar-refractivity contribution < 1.29 is 54.3 Å². The van der Waals surface area contributed by atoms with Gasteiger partial charge in [0.1, 0.15) is 36.1 Å². The number of benzene rings is 1. The van der Waals surface area contributed by atoms with Crippen LogP contribution in [0.5, 0.6) is 11.5 Å². The first-order valence-electron chi connectivity index (χ1n) is 10.0. The highest BCUT2D eigenvalue weighted by atomic mass is 16.7. The third-order valence-corrected chi connectivity index (χ3v) is 5.55. The molecule has 0 spiro atoms. The molecule has 31 heavy (non-hydrogen) atoms. The summed E-state index contributed by atoms with van der Waals surface area (Å²) in [5.41, 5.74) is -0.854. The fourth-order valence-electron chi connectivity index (χ4n) is 3.43. The van der Waals surface area contributed by atoms with E-state index in [-0.39, 0.29) is 19.0 Å². The van der Waals surface area contributed by atoms with Gasteiger partial charge < -0.3 is 54.3 Å². The van der Waals surface area contributed by atoms with Crippen LogP contribution in [0.4, 0.5) is 0 Å². The van der Waals surface area contributed by atoms with Crippen molar-refractivity contribution in [2.45, 2.75) is 62.0 Å². The molecule has 2 saturated heterocycles. The number of aliphatic hydroxyl groups excluding tert-OH is 5. The van der Waals surface area contributed by atoms with Gasteiger partial charge in [-0.1, -0.05) is 13.0 Å². The zero-order valence-electron chi connectivity index (χ0n) is 17.3. The number of aliphatic hydroxyl groups is 6. The maximum Gasteiger partial charge on any atom is 0.229 e. The Labute approximate surface area is 179 Å². The predicted molar refractivity (Wildman–Crippen MR) is 103 cm³/mol. The average molecular weight is 446 g/mol. The maximum atomic E-state index is 10.3. The molecule has 2 fully saturated rings. The fraction of sp³-hybridized carbons (Fsp3) is 0.700. The molecule has 0 radical (unpaired) electrons. The van der Waals surface area contributed by atoms with Crippen LogP contribution in [0.1, 0.15) is 12.5 Å². The van der Waals surface area contributed by atoms with Gasteiger partial charge in [-0.05, 0) is 24.1 Å². The number of aryl methyl sites for hydroxylation is 1. The van der Waals surface area contributed by atoms with Gasteiger partial charge >= 0.3 is 0 Å². The maximum absolute atomic E-state index is 10.3. The quantitative estimate of drug-likeness (QED) is 0.259. The van der Waals surface area contributed by atoms with Crippen molar-refractivity contribution in [3.8, 4) is 11.5 Å². The molecular weight excluding hydrogens is 416 g/mol. The van der Waals surface area contributed by atoms with E-state index in [1.807, 2.05) is 13.0 Å². The largest absolute Gasteiger partial charge is 0.493 e. The Bertz CT molecular complexity index is 731. The highest BCUT2D eigenvalue weighted by Crippen LogP contribution is 2.33. The third-order valence-electron chi connectivity index (χ3n) is 5.55. The lowest BCUT2D eigenvalue weighted by atomic mass is 9.99. The molecule has 176 valence electrons. The topological polar surface area (TPSA) is 168 Å². The molecule has 0 aromatic heterocycles. The van der Waals surface area contributed by atoms with E-state index >= 15 is 0 Å². The number of rotatable bonds is 8. The molecular formula is C20H30O11. The lowest BCUT2D eigenvalue weighted by molar-refractivity contribution is -0.289. The van der Waals surface area contributed by atoms with Gasteiger partial charge in [0.15, 0.2) is 17.8 Å². The molecule has 6 N–H and O–H groups in total.